The maximum atomic E-state index is 5.51. The van der Waals surface area contributed by atoms with Crippen LogP contribution in [0.2, 0.25) is 0 Å². The number of allylic oxidation sites excluding steroid dienone is 1. The minimum Gasteiger partial charge on any atom is -0.338 e. The maximum Gasteiger partial charge on any atom is 0.153 e. The van der Waals surface area contributed by atoms with Gasteiger partial charge < -0.3 is 5.84 Å². The highest BCUT2D eigenvalue weighted by Crippen LogP contribution is 2.10. The molecule has 1 aromatic heterocycles. The van der Waals surface area contributed by atoms with E-state index in [1.807, 2.05) is 6.92 Å². The monoisotopic (exact) mass is 137 g/mol. The fourth-order valence-electron chi connectivity index (χ4n) is 0.745. The Labute approximate surface area is 60.2 Å². The van der Waals surface area contributed by atoms with Gasteiger partial charge in [0.1, 0.15) is 0 Å². The molecular formula is C7H11N3. The first-order valence-corrected chi connectivity index (χ1v) is 3.22. The van der Waals surface area contributed by atoms with Crippen molar-refractivity contribution in [3.8, 4) is 0 Å². The number of hydrogen-bond donors (Lipinski definition) is 1. The zero-order valence-corrected chi connectivity index (χ0v) is 6.04. The van der Waals surface area contributed by atoms with Gasteiger partial charge in [-0.15, -0.1) is 0 Å². The van der Waals surface area contributed by atoms with Crippen molar-refractivity contribution < 1.29 is 0 Å². The highest BCUT2D eigenvalue weighted by atomic mass is 15.3. The summed E-state index contributed by atoms with van der Waals surface area (Å²) in [5, 5.41) is 0. The van der Waals surface area contributed by atoms with Crippen LogP contribution in [0.5, 0.6) is 0 Å². The average molecular weight is 137 g/mol. The van der Waals surface area contributed by atoms with Crippen molar-refractivity contribution >= 4 is 5.57 Å². The lowest BCUT2D eigenvalue weighted by molar-refractivity contribution is 0.955. The van der Waals surface area contributed by atoms with Crippen LogP contribution in [0.1, 0.15) is 19.2 Å². The van der Waals surface area contributed by atoms with Crippen LogP contribution < -0.4 is 5.84 Å². The molecule has 10 heavy (non-hydrogen) atoms. The molecular weight excluding hydrogens is 126 g/mol. The van der Waals surface area contributed by atoms with E-state index in [0.717, 1.165) is 17.8 Å². The second-order valence-electron chi connectivity index (χ2n) is 2.12. The topological polar surface area (TPSA) is 43.8 Å². The first-order valence-electron chi connectivity index (χ1n) is 3.22. The summed E-state index contributed by atoms with van der Waals surface area (Å²) < 4.78 is 1.48. The van der Waals surface area contributed by atoms with Gasteiger partial charge in [0.15, 0.2) is 5.82 Å². The van der Waals surface area contributed by atoms with Crippen molar-refractivity contribution in [2.45, 2.75) is 13.3 Å². The number of aromatic nitrogens is 2. The Morgan fingerprint density at radius 3 is 3.00 bits per heavy atom. The largest absolute Gasteiger partial charge is 0.338 e. The molecule has 0 radical (unpaired) electrons. The van der Waals surface area contributed by atoms with Crippen molar-refractivity contribution in [2.24, 2.45) is 0 Å². The second kappa shape index (κ2) is 2.56. The van der Waals surface area contributed by atoms with Crippen LogP contribution in [0.15, 0.2) is 19.0 Å². The molecule has 0 aliphatic carbocycles. The lowest BCUT2D eigenvalue weighted by Crippen LogP contribution is -2.10. The molecule has 0 bridgehead atoms. The molecule has 0 fully saturated rings. The van der Waals surface area contributed by atoms with E-state index in [1.54, 1.807) is 12.4 Å². The van der Waals surface area contributed by atoms with Gasteiger partial charge in [-0.2, -0.15) is 0 Å². The van der Waals surface area contributed by atoms with E-state index in [-0.39, 0.29) is 0 Å². The van der Waals surface area contributed by atoms with E-state index in [4.69, 9.17) is 5.84 Å². The Morgan fingerprint density at radius 1 is 1.90 bits per heavy atom. The van der Waals surface area contributed by atoms with Crippen molar-refractivity contribution in [3.63, 3.8) is 0 Å². The Balaban J connectivity index is 2.93. The van der Waals surface area contributed by atoms with Crippen LogP contribution in [0.4, 0.5) is 0 Å². The molecule has 0 saturated heterocycles. The molecule has 0 spiro atoms. The lowest BCUT2D eigenvalue weighted by Gasteiger charge is -2.00. The van der Waals surface area contributed by atoms with Crippen molar-refractivity contribution in [2.75, 3.05) is 5.84 Å². The standard InChI is InChI=1S/C7H11N3/c1-3-6(2)7-9-4-5-10(7)8/h4-5H,2-3,8H2,1H3. The van der Waals surface area contributed by atoms with E-state index in [9.17, 15) is 0 Å². The summed E-state index contributed by atoms with van der Waals surface area (Å²) in [5.41, 5.74) is 0.965. The molecule has 0 saturated carbocycles. The Kier molecular flexibility index (Phi) is 1.76. The van der Waals surface area contributed by atoms with E-state index < -0.39 is 0 Å². The van der Waals surface area contributed by atoms with Gasteiger partial charge in [-0.3, -0.25) is 4.68 Å². The molecule has 1 aromatic rings. The molecule has 2 N–H and O–H groups in total. The van der Waals surface area contributed by atoms with Gasteiger partial charge in [0.2, 0.25) is 0 Å². The zero-order chi connectivity index (χ0) is 7.56. The van der Waals surface area contributed by atoms with E-state index in [2.05, 4.69) is 11.6 Å². The number of nitrogen functional groups attached to an aromatic ring is 1. The van der Waals surface area contributed by atoms with Gasteiger partial charge in [-0.05, 0) is 12.0 Å². The minimum atomic E-state index is 0.766. The summed E-state index contributed by atoms with van der Waals surface area (Å²) in [4.78, 5) is 4.02. The molecule has 0 aromatic carbocycles. The van der Waals surface area contributed by atoms with E-state index >= 15 is 0 Å². The SMILES string of the molecule is C=C(CC)c1nccn1N. The number of rotatable bonds is 2. The van der Waals surface area contributed by atoms with Crippen LogP contribution in [-0.2, 0) is 0 Å². The molecule has 1 heterocycles. The van der Waals surface area contributed by atoms with Crippen LogP contribution in [0.25, 0.3) is 5.57 Å². The van der Waals surface area contributed by atoms with E-state index in [0.29, 0.717) is 0 Å². The molecule has 0 unspecified atom stereocenters. The summed E-state index contributed by atoms with van der Waals surface area (Å²) in [5.74, 6) is 6.28. The molecule has 0 atom stereocenters. The molecule has 3 nitrogen and oxygen atoms in total. The summed E-state index contributed by atoms with van der Waals surface area (Å²) in [6.07, 6.45) is 4.25. The Hall–Kier alpha value is -1.25. The van der Waals surface area contributed by atoms with Gasteiger partial charge in [0.05, 0.1) is 0 Å². The highest BCUT2D eigenvalue weighted by Gasteiger charge is 2.00. The Morgan fingerprint density at radius 2 is 2.60 bits per heavy atom. The van der Waals surface area contributed by atoms with Crippen LogP contribution in [0.3, 0.4) is 0 Å². The lowest BCUT2D eigenvalue weighted by atomic mass is 10.2. The first kappa shape index (κ1) is 6.86. The summed E-state index contributed by atoms with van der Waals surface area (Å²) in [6, 6.07) is 0. The molecule has 1 rings (SSSR count). The number of nitrogens with zero attached hydrogens (tertiary/aromatic N) is 2. The number of imidazole rings is 1. The van der Waals surface area contributed by atoms with Crippen LogP contribution >= 0.6 is 0 Å². The zero-order valence-electron chi connectivity index (χ0n) is 6.04. The summed E-state index contributed by atoms with van der Waals surface area (Å²) in [7, 11) is 0. The molecule has 3 heteroatoms. The van der Waals surface area contributed by atoms with Gasteiger partial charge >= 0.3 is 0 Å². The van der Waals surface area contributed by atoms with Gasteiger partial charge in [0, 0.05) is 12.4 Å². The smallest absolute Gasteiger partial charge is 0.153 e. The average Bonchev–Trinajstić information content (AvgIpc) is 2.34. The number of nitrogens with two attached hydrogens (primary N) is 1. The predicted octanol–water partition coefficient (Wildman–Crippen LogP) is 1.02. The van der Waals surface area contributed by atoms with Gasteiger partial charge in [0.25, 0.3) is 0 Å². The van der Waals surface area contributed by atoms with E-state index in [1.165, 1.54) is 4.68 Å². The molecule has 0 amide bonds. The van der Waals surface area contributed by atoms with Gasteiger partial charge in [-0.25, -0.2) is 4.98 Å². The van der Waals surface area contributed by atoms with Crippen molar-refractivity contribution in [1.82, 2.24) is 9.66 Å². The number of hydrogen-bond acceptors (Lipinski definition) is 2. The van der Waals surface area contributed by atoms with Gasteiger partial charge in [-0.1, -0.05) is 13.5 Å². The first-order chi connectivity index (χ1) is 4.75. The summed E-state index contributed by atoms with van der Waals surface area (Å²) in [6.45, 7) is 5.84. The van der Waals surface area contributed by atoms with Crippen molar-refractivity contribution in [1.29, 1.82) is 0 Å². The fraction of sp³-hybridized carbons (Fsp3) is 0.286. The maximum absolute atomic E-state index is 5.51. The second-order valence-corrected chi connectivity index (χ2v) is 2.12. The third kappa shape index (κ3) is 1.03. The molecule has 0 aliphatic rings. The third-order valence-corrected chi connectivity index (χ3v) is 1.41. The third-order valence-electron chi connectivity index (χ3n) is 1.41. The van der Waals surface area contributed by atoms with Crippen molar-refractivity contribution in [3.05, 3.63) is 24.8 Å². The predicted molar refractivity (Wildman–Crippen MR) is 41.7 cm³/mol. The summed E-state index contributed by atoms with van der Waals surface area (Å²) >= 11 is 0. The molecule has 0 aliphatic heterocycles. The Bertz CT molecular complexity index is 237. The van der Waals surface area contributed by atoms with Crippen LogP contribution in [0, 0.1) is 0 Å². The normalized spacial score (nSPS) is 9.70. The molecule has 54 valence electrons. The highest BCUT2D eigenvalue weighted by molar-refractivity contribution is 5.56. The fourth-order valence-corrected chi connectivity index (χ4v) is 0.745. The quantitative estimate of drug-likeness (QED) is 0.618. The minimum absolute atomic E-state index is 0.766. The van der Waals surface area contributed by atoms with Crippen LogP contribution in [-0.4, -0.2) is 9.66 Å².